The van der Waals surface area contributed by atoms with Gasteiger partial charge in [0.15, 0.2) is 0 Å². The molecule has 5 aromatic rings. The number of para-hydroxylation sites is 1. The molecule has 0 aliphatic heterocycles. The normalized spacial score (nSPS) is 18.6. The van der Waals surface area contributed by atoms with Gasteiger partial charge in [0.05, 0.1) is 5.69 Å². The molecule has 3 aromatic carbocycles. The summed E-state index contributed by atoms with van der Waals surface area (Å²) in [6.45, 7) is -2.47. The van der Waals surface area contributed by atoms with Gasteiger partial charge in [-0.1, -0.05) is 63.2 Å². The molecular formula is C31H31NO. The van der Waals surface area contributed by atoms with Crippen LogP contribution in [0, 0.1) is 26.0 Å². The fraction of sp³-hybridized carbons (Fsp3) is 0.258. The Hall–Kier alpha value is -3.39. The van der Waals surface area contributed by atoms with Crippen molar-refractivity contribution in [1.82, 2.24) is 4.98 Å². The minimum absolute atomic E-state index is 0.127. The van der Waals surface area contributed by atoms with Gasteiger partial charge in [-0.05, 0) is 83.9 Å². The van der Waals surface area contributed by atoms with Gasteiger partial charge >= 0.3 is 0 Å². The summed E-state index contributed by atoms with van der Waals surface area (Å²) in [7, 11) is 0. The third kappa shape index (κ3) is 4.06. The van der Waals surface area contributed by atoms with Crippen molar-refractivity contribution in [2.45, 2.75) is 47.7 Å². The van der Waals surface area contributed by atoms with Crippen molar-refractivity contribution in [3.63, 3.8) is 0 Å². The van der Waals surface area contributed by atoms with Gasteiger partial charge in [-0.3, -0.25) is 4.98 Å². The van der Waals surface area contributed by atoms with Crippen LogP contribution < -0.4 is 0 Å². The Morgan fingerprint density at radius 1 is 0.848 bits per heavy atom. The van der Waals surface area contributed by atoms with Crippen molar-refractivity contribution in [2.75, 3.05) is 0 Å². The molecule has 0 N–H and O–H groups in total. The van der Waals surface area contributed by atoms with Crippen molar-refractivity contribution in [1.29, 1.82) is 0 Å². The summed E-state index contributed by atoms with van der Waals surface area (Å²) in [4.78, 5) is 4.45. The topological polar surface area (TPSA) is 26.0 Å². The van der Waals surface area contributed by atoms with Crippen molar-refractivity contribution in [2.24, 2.45) is 5.41 Å². The zero-order valence-corrected chi connectivity index (χ0v) is 18.7. The van der Waals surface area contributed by atoms with Crippen LogP contribution >= 0.6 is 0 Å². The summed E-state index contributed by atoms with van der Waals surface area (Å²) in [5.41, 5.74) is 0.991. The van der Waals surface area contributed by atoms with E-state index in [9.17, 15) is 0 Å². The second kappa shape index (κ2) is 7.88. The first kappa shape index (κ1) is 12.2. The molecule has 33 heavy (non-hydrogen) atoms. The molecule has 0 aliphatic carbocycles. The van der Waals surface area contributed by atoms with Gasteiger partial charge in [-0.25, -0.2) is 0 Å². The Balaban J connectivity index is 1.77. The molecule has 0 radical (unpaired) electrons. The summed E-state index contributed by atoms with van der Waals surface area (Å²) in [5.74, 6) is 0. The van der Waals surface area contributed by atoms with E-state index < -0.39 is 32.3 Å². The minimum atomic E-state index is -2.69. The molecule has 2 heteroatoms. The Kier molecular flexibility index (Phi) is 2.91. The van der Waals surface area contributed by atoms with Gasteiger partial charge in [0.25, 0.3) is 0 Å². The number of hydrogen-bond acceptors (Lipinski definition) is 2. The first-order chi connectivity index (χ1) is 20.1. The standard InChI is InChI=1S/C31H31NO/c1-19-10-12-24-25-8-7-9-26(30(25)33-29(24)14-19)28-16-27(21(3)18-32-28)23-13-11-22(15-20(23)2)17-31(4,5)6/h7-16,18H,17H2,1-6H3/i1D3,2D3,3D3,17D2. The van der Waals surface area contributed by atoms with E-state index in [0.717, 1.165) is 0 Å². The Bertz CT molecular complexity index is 1890. The van der Waals surface area contributed by atoms with Crippen molar-refractivity contribution < 1.29 is 19.5 Å². The summed E-state index contributed by atoms with van der Waals surface area (Å²) in [6, 6.07) is 15.8. The monoisotopic (exact) mass is 444 g/mol. The highest BCUT2D eigenvalue weighted by molar-refractivity contribution is 6.09. The van der Waals surface area contributed by atoms with Crippen LogP contribution in [0.2, 0.25) is 0 Å². The maximum Gasteiger partial charge on any atom is 0.144 e. The lowest BCUT2D eigenvalue weighted by atomic mass is 9.86. The Labute approximate surface area is 211 Å². The highest BCUT2D eigenvalue weighted by atomic mass is 16.3. The molecule has 2 aromatic heterocycles. The highest BCUT2D eigenvalue weighted by Crippen LogP contribution is 2.37. The highest BCUT2D eigenvalue weighted by Gasteiger charge is 2.16. The summed E-state index contributed by atoms with van der Waals surface area (Å²) < 4.78 is 96.2. The van der Waals surface area contributed by atoms with E-state index >= 15 is 0 Å². The van der Waals surface area contributed by atoms with Crippen LogP contribution in [0.1, 0.15) is 58.1 Å². The van der Waals surface area contributed by atoms with Gasteiger partial charge in [-0.2, -0.15) is 0 Å². The molecule has 0 atom stereocenters. The molecule has 0 spiro atoms. The SMILES string of the molecule is [2H]C([2H])([2H])c1ccc2c(c1)oc1c(-c3cc(-c4ccc(C([2H])([2H])C(C)(C)C)cc4C([2H])([2H])[2H])c(C([2H])([2H])[2H])cn3)cccc12. The lowest BCUT2D eigenvalue weighted by molar-refractivity contribution is 0.411. The van der Waals surface area contributed by atoms with Gasteiger partial charge in [0.2, 0.25) is 0 Å². The molecular weight excluding hydrogens is 402 g/mol. The second-order valence-electron chi connectivity index (χ2n) is 9.25. The average Bonchev–Trinajstić information content (AvgIpc) is 3.28. The zero-order chi connectivity index (χ0) is 32.6. The minimum Gasteiger partial charge on any atom is -0.455 e. The van der Waals surface area contributed by atoms with Crippen molar-refractivity contribution >= 4 is 21.9 Å². The van der Waals surface area contributed by atoms with Crippen LogP contribution in [0.5, 0.6) is 0 Å². The molecule has 0 aliphatic rings. The van der Waals surface area contributed by atoms with Gasteiger partial charge in [0.1, 0.15) is 11.2 Å². The van der Waals surface area contributed by atoms with Gasteiger partial charge in [-0.15, -0.1) is 0 Å². The lowest BCUT2D eigenvalue weighted by Gasteiger charge is -2.19. The van der Waals surface area contributed by atoms with Crippen molar-refractivity contribution in [3.8, 4) is 22.4 Å². The fourth-order valence-corrected chi connectivity index (χ4v) is 4.12. The smallest absolute Gasteiger partial charge is 0.144 e. The van der Waals surface area contributed by atoms with E-state index in [-0.39, 0.29) is 33.4 Å². The van der Waals surface area contributed by atoms with Crippen LogP contribution in [0.25, 0.3) is 44.3 Å². The molecule has 0 amide bonds. The zero-order valence-electron chi connectivity index (χ0n) is 29.7. The van der Waals surface area contributed by atoms with E-state index in [4.69, 9.17) is 19.5 Å². The van der Waals surface area contributed by atoms with Crippen LogP contribution in [0.4, 0.5) is 0 Å². The summed E-state index contributed by atoms with van der Waals surface area (Å²) in [5, 5.41) is 1.40. The molecule has 0 bridgehead atoms. The van der Waals surface area contributed by atoms with Crippen molar-refractivity contribution in [3.05, 3.63) is 89.1 Å². The molecule has 0 fully saturated rings. The molecule has 2 heterocycles. The number of furan rings is 1. The molecule has 0 saturated carbocycles. The largest absolute Gasteiger partial charge is 0.455 e. The number of benzene rings is 3. The van der Waals surface area contributed by atoms with E-state index in [2.05, 4.69) is 4.98 Å². The molecule has 2 nitrogen and oxygen atoms in total. The number of pyridine rings is 1. The molecule has 0 unspecified atom stereocenters. The number of aromatic nitrogens is 1. The first-order valence-electron chi connectivity index (χ1n) is 16.2. The third-order valence-corrected chi connectivity index (χ3v) is 5.51. The van der Waals surface area contributed by atoms with Crippen LogP contribution in [0.15, 0.2) is 71.3 Å². The first-order valence-corrected chi connectivity index (χ1v) is 10.7. The van der Waals surface area contributed by atoms with E-state index in [1.165, 1.54) is 42.6 Å². The molecule has 166 valence electrons. The van der Waals surface area contributed by atoms with Crippen LogP contribution in [-0.4, -0.2) is 4.98 Å². The number of hydrogen-bond donors (Lipinski definition) is 0. The summed E-state index contributed by atoms with van der Waals surface area (Å²) >= 11 is 0. The average molecular weight is 445 g/mol. The Morgan fingerprint density at radius 2 is 1.73 bits per heavy atom. The maximum atomic E-state index is 8.69. The maximum absolute atomic E-state index is 8.69. The van der Waals surface area contributed by atoms with E-state index in [1.807, 2.05) is 6.07 Å². The molecule has 5 rings (SSSR count). The predicted molar refractivity (Wildman–Crippen MR) is 140 cm³/mol. The van der Waals surface area contributed by atoms with Gasteiger partial charge in [0, 0.05) is 37.6 Å². The Morgan fingerprint density at radius 3 is 2.52 bits per heavy atom. The second-order valence-corrected chi connectivity index (χ2v) is 9.25. The lowest BCUT2D eigenvalue weighted by Crippen LogP contribution is -2.09. The van der Waals surface area contributed by atoms with E-state index in [1.54, 1.807) is 39.0 Å². The number of nitrogens with zero attached hydrogens (tertiary/aromatic N) is 1. The van der Waals surface area contributed by atoms with Crippen LogP contribution in [0.3, 0.4) is 0 Å². The summed E-state index contributed by atoms with van der Waals surface area (Å²) in [6.07, 6.45) is -0.671. The third-order valence-electron chi connectivity index (χ3n) is 5.51. The van der Waals surface area contributed by atoms with Gasteiger partial charge < -0.3 is 4.42 Å². The van der Waals surface area contributed by atoms with Crippen LogP contribution in [-0.2, 0) is 6.37 Å². The fourth-order valence-electron chi connectivity index (χ4n) is 4.12. The quantitative estimate of drug-likeness (QED) is 0.278. The number of aryl methyl sites for hydroxylation is 3. The number of rotatable bonds is 3. The predicted octanol–water partition coefficient (Wildman–Crippen LogP) is 8.83. The molecule has 0 saturated heterocycles. The van der Waals surface area contributed by atoms with E-state index in [0.29, 0.717) is 33.2 Å². The number of fused-ring (bicyclic) bond motifs is 3.